The zero-order valence-electron chi connectivity index (χ0n) is 47.4. The predicted molar refractivity (Wildman–Crippen MR) is 316 cm³/mol. The number of carbonyl (C=O) groups excluding carboxylic acids is 3. The van der Waals surface area contributed by atoms with Crippen LogP contribution in [0.3, 0.4) is 0 Å². The summed E-state index contributed by atoms with van der Waals surface area (Å²) in [7, 11) is 0. The number of rotatable bonds is 53. The minimum atomic E-state index is -0.803. The average molecular weight is 1010 g/mol. The third-order valence-corrected chi connectivity index (χ3v) is 12.4. The van der Waals surface area contributed by atoms with E-state index in [1.165, 1.54) is 96.3 Å². The first-order chi connectivity index (χ1) is 36.0. The van der Waals surface area contributed by atoms with E-state index in [1.807, 2.05) is 0 Å². The summed E-state index contributed by atoms with van der Waals surface area (Å²) in [5.41, 5.74) is 0. The number of hydrogen-bond acceptors (Lipinski definition) is 6. The first kappa shape index (κ1) is 68.8. The molecule has 0 aromatic heterocycles. The molecule has 0 aliphatic heterocycles. The van der Waals surface area contributed by atoms with E-state index in [0.29, 0.717) is 19.3 Å². The molecule has 0 radical (unpaired) electrons. The van der Waals surface area contributed by atoms with E-state index in [9.17, 15) is 14.4 Å². The Kier molecular flexibility index (Phi) is 56.9. The molecule has 0 saturated heterocycles. The maximum Gasteiger partial charge on any atom is 0.306 e. The molecule has 0 bridgehead atoms. The number of esters is 3. The summed E-state index contributed by atoms with van der Waals surface area (Å²) >= 11 is 0. The Labute approximate surface area is 450 Å². The van der Waals surface area contributed by atoms with Gasteiger partial charge in [-0.3, -0.25) is 14.4 Å². The molecule has 0 aliphatic carbocycles. The Morgan fingerprint density at radius 1 is 0.288 bits per heavy atom. The summed E-state index contributed by atoms with van der Waals surface area (Å²) in [4.78, 5) is 38.3. The highest BCUT2D eigenvalue weighted by atomic mass is 16.6. The van der Waals surface area contributed by atoms with Crippen molar-refractivity contribution in [2.24, 2.45) is 0 Å². The van der Waals surface area contributed by atoms with Crippen molar-refractivity contribution in [1.29, 1.82) is 0 Å². The van der Waals surface area contributed by atoms with Crippen LogP contribution in [-0.4, -0.2) is 37.2 Å². The van der Waals surface area contributed by atoms with Crippen LogP contribution in [0.25, 0.3) is 0 Å². The van der Waals surface area contributed by atoms with Crippen molar-refractivity contribution in [3.05, 3.63) is 122 Å². The van der Waals surface area contributed by atoms with Crippen LogP contribution in [0.2, 0.25) is 0 Å². The molecule has 414 valence electrons. The topological polar surface area (TPSA) is 78.9 Å². The molecular weight excluding hydrogens is 901 g/mol. The van der Waals surface area contributed by atoms with Gasteiger partial charge in [-0.1, -0.05) is 239 Å². The predicted octanol–water partition coefficient (Wildman–Crippen LogP) is 20.4. The molecule has 0 saturated carbocycles. The molecule has 0 rings (SSSR count). The van der Waals surface area contributed by atoms with Crippen molar-refractivity contribution in [2.45, 2.75) is 271 Å². The summed E-state index contributed by atoms with van der Waals surface area (Å²) in [5, 5.41) is 0. The van der Waals surface area contributed by atoms with Crippen LogP contribution >= 0.6 is 0 Å². The summed E-state index contributed by atoms with van der Waals surface area (Å²) in [6.07, 6.45) is 83.3. The average Bonchev–Trinajstić information content (AvgIpc) is 3.39. The first-order valence-corrected chi connectivity index (χ1v) is 30.0. The van der Waals surface area contributed by atoms with Gasteiger partial charge in [0.05, 0.1) is 0 Å². The smallest absolute Gasteiger partial charge is 0.306 e. The van der Waals surface area contributed by atoms with Crippen LogP contribution in [0.5, 0.6) is 0 Å². The van der Waals surface area contributed by atoms with Gasteiger partial charge in [0, 0.05) is 19.3 Å². The van der Waals surface area contributed by atoms with Crippen molar-refractivity contribution < 1.29 is 28.6 Å². The highest BCUT2D eigenvalue weighted by molar-refractivity contribution is 5.71. The lowest BCUT2D eigenvalue weighted by Gasteiger charge is -2.18. The van der Waals surface area contributed by atoms with Crippen LogP contribution in [0.4, 0.5) is 0 Å². The molecule has 1 unspecified atom stereocenters. The second-order valence-corrected chi connectivity index (χ2v) is 19.5. The van der Waals surface area contributed by atoms with Crippen LogP contribution in [-0.2, 0) is 28.6 Å². The molecule has 0 fully saturated rings. The lowest BCUT2D eigenvalue weighted by molar-refractivity contribution is -0.167. The Hall–Kier alpha value is -4.19. The van der Waals surface area contributed by atoms with E-state index in [0.717, 1.165) is 128 Å². The molecule has 0 N–H and O–H groups in total. The van der Waals surface area contributed by atoms with Gasteiger partial charge in [-0.15, -0.1) is 0 Å². The molecular formula is C67H110O6. The standard InChI is InChI=1S/C67H110O6/c1-4-7-10-13-16-19-22-25-28-31-33-36-39-42-45-48-51-54-57-60-66(69)72-63-64(62-71-65(68)59-56-53-50-47-44-41-38-35-30-27-24-21-18-15-12-9-6-3)73-67(70)61-58-55-52-49-46-43-40-37-34-32-29-26-23-20-17-14-11-8-5-2/h7,9-10,12,16-21,25-30,33,36,42,45,64H,4-6,8,11,13-15,22-24,31-32,34-35,37-41,43-44,46-63H2,1-3H3/b10-7-,12-9-,19-16-,20-17-,21-18-,28-25-,29-26-,30-27-,36-33-,45-42-. The van der Waals surface area contributed by atoms with Gasteiger partial charge >= 0.3 is 17.9 Å². The van der Waals surface area contributed by atoms with Gasteiger partial charge in [-0.05, 0) is 128 Å². The summed E-state index contributed by atoms with van der Waals surface area (Å²) in [5.74, 6) is -0.943. The molecule has 0 amide bonds. The molecule has 0 aromatic carbocycles. The number of allylic oxidation sites excluding steroid dienone is 20. The second kappa shape index (κ2) is 60.4. The maximum absolute atomic E-state index is 12.9. The van der Waals surface area contributed by atoms with Gasteiger partial charge in [0.2, 0.25) is 0 Å². The second-order valence-electron chi connectivity index (χ2n) is 19.5. The third kappa shape index (κ3) is 58.6. The molecule has 0 heterocycles. The van der Waals surface area contributed by atoms with E-state index >= 15 is 0 Å². The van der Waals surface area contributed by atoms with E-state index in [4.69, 9.17) is 14.2 Å². The van der Waals surface area contributed by atoms with Crippen molar-refractivity contribution in [3.63, 3.8) is 0 Å². The van der Waals surface area contributed by atoms with Crippen LogP contribution < -0.4 is 0 Å². The van der Waals surface area contributed by atoms with E-state index in [1.54, 1.807) is 0 Å². The zero-order valence-corrected chi connectivity index (χ0v) is 47.4. The molecule has 73 heavy (non-hydrogen) atoms. The van der Waals surface area contributed by atoms with Gasteiger partial charge in [0.25, 0.3) is 0 Å². The van der Waals surface area contributed by atoms with Crippen molar-refractivity contribution >= 4 is 17.9 Å². The summed E-state index contributed by atoms with van der Waals surface area (Å²) < 4.78 is 16.9. The quantitative estimate of drug-likeness (QED) is 0.0261. The lowest BCUT2D eigenvalue weighted by Crippen LogP contribution is -2.30. The molecule has 1 atom stereocenters. The highest BCUT2D eigenvalue weighted by Crippen LogP contribution is 2.15. The lowest BCUT2D eigenvalue weighted by atomic mass is 10.1. The molecule has 0 aliphatic rings. The largest absolute Gasteiger partial charge is 0.462 e. The zero-order chi connectivity index (χ0) is 52.9. The fourth-order valence-electron chi connectivity index (χ4n) is 7.98. The summed E-state index contributed by atoms with van der Waals surface area (Å²) in [6, 6.07) is 0. The van der Waals surface area contributed by atoms with Gasteiger partial charge in [-0.25, -0.2) is 0 Å². The monoisotopic (exact) mass is 1010 g/mol. The SMILES string of the molecule is CC/C=C\C/C=C\C/C=C\C/C=C\C/C=C\CCCCCC(=O)OCC(COC(=O)CCCCCCCCC/C=C\C/C=C\C/C=C\CC)OC(=O)CCCCCCCCCCC/C=C\C/C=C\CCCCC. The molecule has 6 heteroatoms. The Morgan fingerprint density at radius 3 is 0.849 bits per heavy atom. The Morgan fingerprint density at radius 2 is 0.534 bits per heavy atom. The van der Waals surface area contributed by atoms with Crippen LogP contribution in [0, 0.1) is 0 Å². The van der Waals surface area contributed by atoms with Gasteiger partial charge in [-0.2, -0.15) is 0 Å². The minimum Gasteiger partial charge on any atom is -0.462 e. The maximum atomic E-state index is 12.9. The Bertz CT molecular complexity index is 1540. The minimum absolute atomic E-state index is 0.0983. The fraction of sp³-hybridized carbons (Fsp3) is 0.657. The van der Waals surface area contributed by atoms with E-state index < -0.39 is 6.10 Å². The third-order valence-electron chi connectivity index (χ3n) is 12.4. The Balaban J connectivity index is 4.48. The molecule has 0 aromatic rings. The van der Waals surface area contributed by atoms with Gasteiger partial charge in [0.15, 0.2) is 6.10 Å². The number of ether oxygens (including phenoxy) is 3. The van der Waals surface area contributed by atoms with Crippen LogP contribution in [0.15, 0.2) is 122 Å². The highest BCUT2D eigenvalue weighted by Gasteiger charge is 2.19. The summed E-state index contributed by atoms with van der Waals surface area (Å²) in [6.45, 7) is 6.36. The van der Waals surface area contributed by atoms with E-state index in [-0.39, 0.29) is 31.1 Å². The van der Waals surface area contributed by atoms with Gasteiger partial charge < -0.3 is 14.2 Å². The fourth-order valence-corrected chi connectivity index (χ4v) is 7.98. The van der Waals surface area contributed by atoms with Crippen molar-refractivity contribution in [1.82, 2.24) is 0 Å². The van der Waals surface area contributed by atoms with E-state index in [2.05, 4.69) is 142 Å². The first-order valence-electron chi connectivity index (χ1n) is 30.0. The van der Waals surface area contributed by atoms with Crippen molar-refractivity contribution in [2.75, 3.05) is 13.2 Å². The normalized spacial score (nSPS) is 13.0. The number of unbranched alkanes of at least 4 members (excludes halogenated alkanes) is 22. The van der Waals surface area contributed by atoms with Crippen molar-refractivity contribution in [3.8, 4) is 0 Å². The number of carbonyl (C=O) groups is 3. The van der Waals surface area contributed by atoms with Gasteiger partial charge in [0.1, 0.15) is 13.2 Å². The molecule has 6 nitrogen and oxygen atoms in total. The number of hydrogen-bond donors (Lipinski definition) is 0. The molecule has 0 spiro atoms. The van der Waals surface area contributed by atoms with Crippen LogP contribution in [0.1, 0.15) is 265 Å².